The Morgan fingerprint density at radius 2 is 1.85 bits per heavy atom. The Bertz CT molecular complexity index is 598. The van der Waals surface area contributed by atoms with E-state index in [-0.39, 0.29) is 11.4 Å². The number of aromatic amines is 1. The van der Waals surface area contributed by atoms with Gasteiger partial charge in [0.2, 0.25) is 0 Å². The molecule has 1 heterocycles. The van der Waals surface area contributed by atoms with Crippen LogP contribution in [0, 0.1) is 0 Å². The molecule has 2 amide bonds. The molecule has 3 N–H and O–H groups in total. The van der Waals surface area contributed by atoms with Crippen LogP contribution in [0.2, 0.25) is 0 Å². The van der Waals surface area contributed by atoms with E-state index in [4.69, 9.17) is 0 Å². The maximum absolute atomic E-state index is 11.8. The molecule has 5 nitrogen and oxygen atoms in total. The molecule has 2 aromatic rings. The van der Waals surface area contributed by atoms with E-state index in [2.05, 4.69) is 57.5 Å². The number of amides is 2. The first-order chi connectivity index (χ1) is 9.34. The number of hydrogen-bond donors (Lipinski definition) is 3. The van der Waals surface area contributed by atoms with Gasteiger partial charge in [0.05, 0.1) is 5.69 Å². The van der Waals surface area contributed by atoms with Gasteiger partial charge >= 0.3 is 6.03 Å². The second-order valence-electron chi connectivity index (χ2n) is 5.50. The number of hydrogen-bond acceptors (Lipinski definition) is 2. The molecule has 0 bridgehead atoms. The molecule has 0 radical (unpaired) electrons. The van der Waals surface area contributed by atoms with Crippen LogP contribution in [0.25, 0.3) is 0 Å². The molecule has 0 aliphatic heterocycles. The zero-order chi connectivity index (χ0) is 14.8. The Labute approximate surface area is 126 Å². The quantitative estimate of drug-likeness (QED) is 0.772. The minimum Gasteiger partial charge on any atom is -0.308 e. The van der Waals surface area contributed by atoms with Crippen molar-refractivity contribution >= 4 is 33.5 Å². The van der Waals surface area contributed by atoms with E-state index in [1.807, 2.05) is 30.3 Å². The SMILES string of the molecule is CC(C)(C)c1cc(NC(=O)Nc2ccc(Br)cc2)[nH]n1. The summed E-state index contributed by atoms with van der Waals surface area (Å²) in [7, 11) is 0. The van der Waals surface area contributed by atoms with Gasteiger partial charge < -0.3 is 5.32 Å². The third-order valence-electron chi connectivity index (χ3n) is 2.70. The smallest absolute Gasteiger partial charge is 0.308 e. The summed E-state index contributed by atoms with van der Waals surface area (Å²) in [5, 5.41) is 12.5. The van der Waals surface area contributed by atoms with E-state index in [1.165, 1.54) is 0 Å². The molecular weight excluding hydrogens is 320 g/mol. The van der Waals surface area contributed by atoms with E-state index in [1.54, 1.807) is 0 Å². The van der Waals surface area contributed by atoms with Gasteiger partial charge in [0.15, 0.2) is 0 Å². The Kier molecular flexibility index (Phi) is 4.13. The van der Waals surface area contributed by atoms with E-state index in [0.717, 1.165) is 15.9 Å². The molecule has 6 heteroatoms. The first kappa shape index (κ1) is 14.6. The second-order valence-corrected chi connectivity index (χ2v) is 6.42. The van der Waals surface area contributed by atoms with Crippen LogP contribution in [0.15, 0.2) is 34.8 Å². The van der Waals surface area contributed by atoms with Gasteiger partial charge in [0.1, 0.15) is 5.82 Å². The lowest BCUT2D eigenvalue weighted by Crippen LogP contribution is -2.19. The molecule has 0 aliphatic rings. The summed E-state index contributed by atoms with van der Waals surface area (Å²) in [6.07, 6.45) is 0. The molecule has 0 spiro atoms. The number of nitrogens with one attached hydrogen (secondary N) is 3. The largest absolute Gasteiger partial charge is 0.324 e. The fourth-order valence-electron chi connectivity index (χ4n) is 1.59. The van der Waals surface area contributed by atoms with E-state index in [9.17, 15) is 4.79 Å². The molecule has 0 fully saturated rings. The van der Waals surface area contributed by atoms with Gasteiger partial charge in [-0.15, -0.1) is 0 Å². The van der Waals surface area contributed by atoms with Crippen LogP contribution < -0.4 is 10.6 Å². The first-order valence-electron chi connectivity index (χ1n) is 6.24. The monoisotopic (exact) mass is 336 g/mol. The fraction of sp³-hybridized carbons (Fsp3) is 0.286. The van der Waals surface area contributed by atoms with Gasteiger partial charge in [-0.3, -0.25) is 10.4 Å². The molecule has 0 atom stereocenters. The van der Waals surface area contributed by atoms with Crippen molar-refractivity contribution in [3.63, 3.8) is 0 Å². The van der Waals surface area contributed by atoms with Crippen molar-refractivity contribution < 1.29 is 4.79 Å². The normalized spacial score (nSPS) is 11.2. The number of benzene rings is 1. The topological polar surface area (TPSA) is 69.8 Å². The molecule has 1 aromatic heterocycles. The number of H-pyrrole nitrogens is 1. The molecule has 0 saturated carbocycles. The number of urea groups is 1. The highest BCUT2D eigenvalue weighted by Gasteiger charge is 2.17. The average Bonchev–Trinajstić information content (AvgIpc) is 2.80. The van der Waals surface area contributed by atoms with Crippen LogP contribution in [0.3, 0.4) is 0 Å². The van der Waals surface area contributed by atoms with Gasteiger partial charge in [-0.2, -0.15) is 5.10 Å². The molecule has 0 aliphatic carbocycles. The van der Waals surface area contributed by atoms with Crippen LogP contribution in [-0.4, -0.2) is 16.2 Å². The van der Waals surface area contributed by atoms with Gasteiger partial charge in [-0.05, 0) is 24.3 Å². The zero-order valence-corrected chi connectivity index (χ0v) is 13.2. The van der Waals surface area contributed by atoms with Gasteiger partial charge in [-0.25, -0.2) is 4.79 Å². The predicted molar refractivity (Wildman–Crippen MR) is 84.1 cm³/mol. The zero-order valence-electron chi connectivity index (χ0n) is 11.6. The van der Waals surface area contributed by atoms with Gasteiger partial charge in [0, 0.05) is 21.6 Å². The van der Waals surface area contributed by atoms with Crippen LogP contribution in [0.4, 0.5) is 16.3 Å². The number of anilines is 2. The maximum Gasteiger partial charge on any atom is 0.324 e. The van der Waals surface area contributed by atoms with Crippen molar-refractivity contribution in [1.29, 1.82) is 0 Å². The predicted octanol–water partition coefficient (Wildman–Crippen LogP) is 4.11. The summed E-state index contributed by atoms with van der Waals surface area (Å²) < 4.78 is 0.965. The van der Waals surface area contributed by atoms with Crippen molar-refractivity contribution in [3.05, 3.63) is 40.5 Å². The molecule has 2 rings (SSSR count). The molecule has 20 heavy (non-hydrogen) atoms. The number of carbonyl (C=O) groups is 1. The minimum atomic E-state index is -0.309. The van der Waals surface area contributed by atoms with Crippen molar-refractivity contribution in [2.75, 3.05) is 10.6 Å². The van der Waals surface area contributed by atoms with Crippen molar-refractivity contribution in [3.8, 4) is 0 Å². The van der Waals surface area contributed by atoms with Gasteiger partial charge in [0.25, 0.3) is 0 Å². The highest BCUT2D eigenvalue weighted by Crippen LogP contribution is 2.22. The third kappa shape index (κ3) is 3.84. The third-order valence-corrected chi connectivity index (χ3v) is 3.23. The van der Waals surface area contributed by atoms with E-state index < -0.39 is 0 Å². The highest BCUT2D eigenvalue weighted by atomic mass is 79.9. The lowest BCUT2D eigenvalue weighted by molar-refractivity contribution is 0.262. The molecule has 0 unspecified atom stereocenters. The maximum atomic E-state index is 11.8. The summed E-state index contributed by atoms with van der Waals surface area (Å²) in [5.74, 6) is 0.574. The molecule has 0 saturated heterocycles. The summed E-state index contributed by atoms with van der Waals surface area (Å²) in [4.78, 5) is 11.8. The molecule has 106 valence electrons. The second kappa shape index (κ2) is 5.66. The van der Waals surface area contributed by atoms with Crippen LogP contribution >= 0.6 is 15.9 Å². The van der Waals surface area contributed by atoms with Crippen LogP contribution in [-0.2, 0) is 5.41 Å². The summed E-state index contributed by atoms with van der Waals surface area (Å²) in [5.41, 5.74) is 1.57. The van der Waals surface area contributed by atoms with Crippen LogP contribution in [0.1, 0.15) is 26.5 Å². The number of halogens is 1. The van der Waals surface area contributed by atoms with Gasteiger partial charge in [-0.1, -0.05) is 36.7 Å². The Morgan fingerprint density at radius 3 is 2.40 bits per heavy atom. The lowest BCUT2D eigenvalue weighted by Gasteiger charge is -2.13. The average molecular weight is 337 g/mol. The highest BCUT2D eigenvalue weighted by molar-refractivity contribution is 9.10. The Morgan fingerprint density at radius 1 is 1.20 bits per heavy atom. The number of aromatic nitrogens is 2. The van der Waals surface area contributed by atoms with E-state index >= 15 is 0 Å². The minimum absolute atomic E-state index is 0.0569. The van der Waals surface area contributed by atoms with Crippen molar-refractivity contribution in [1.82, 2.24) is 10.2 Å². The molecule has 1 aromatic carbocycles. The first-order valence-corrected chi connectivity index (χ1v) is 7.03. The van der Waals surface area contributed by atoms with Crippen LogP contribution in [0.5, 0.6) is 0 Å². The summed E-state index contributed by atoms with van der Waals surface area (Å²) >= 11 is 3.35. The van der Waals surface area contributed by atoms with Crippen molar-refractivity contribution in [2.45, 2.75) is 26.2 Å². The Balaban J connectivity index is 1.98. The number of rotatable bonds is 2. The number of nitrogens with zero attached hydrogens (tertiary/aromatic N) is 1. The number of carbonyl (C=O) groups excluding carboxylic acids is 1. The molecular formula is C14H17BrN4O. The standard InChI is InChI=1S/C14H17BrN4O/c1-14(2,3)11-8-12(19-18-11)17-13(20)16-10-6-4-9(15)5-7-10/h4-8H,1-3H3,(H3,16,17,18,19,20). The summed E-state index contributed by atoms with van der Waals surface area (Å²) in [6, 6.07) is 8.89. The van der Waals surface area contributed by atoms with Crippen molar-refractivity contribution in [2.24, 2.45) is 0 Å². The van der Waals surface area contributed by atoms with E-state index in [0.29, 0.717) is 5.82 Å². The Hall–Kier alpha value is -1.82. The summed E-state index contributed by atoms with van der Waals surface area (Å²) in [6.45, 7) is 6.19. The lowest BCUT2D eigenvalue weighted by atomic mass is 9.92. The fourth-order valence-corrected chi connectivity index (χ4v) is 1.85.